The lowest BCUT2D eigenvalue weighted by Crippen LogP contribution is -2.25. The Morgan fingerprint density at radius 3 is 2.17 bits per heavy atom. The van der Waals surface area contributed by atoms with Gasteiger partial charge in [-0.1, -0.05) is 60.7 Å². The van der Waals surface area contributed by atoms with Crippen LogP contribution in [0.5, 0.6) is 0 Å². The maximum absolute atomic E-state index is 7.69. The molecule has 0 unspecified atom stereocenters. The maximum atomic E-state index is 7.69. The van der Waals surface area contributed by atoms with E-state index < -0.39 is 12.9 Å². The smallest absolute Gasteiger partial charge is 0.0246 e. The first kappa shape index (κ1) is 9.35. The first-order valence-electron chi connectivity index (χ1n) is 7.87. The van der Waals surface area contributed by atoms with Crippen molar-refractivity contribution in [2.24, 2.45) is 0 Å². The van der Waals surface area contributed by atoms with Crippen molar-refractivity contribution >= 4 is 0 Å². The molecule has 0 aliphatic rings. The molecule has 0 heterocycles. The number of hydrogen-bond donors (Lipinski definition) is 1. The van der Waals surface area contributed by atoms with E-state index in [4.69, 9.17) is 4.11 Å². The molecule has 0 bridgehead atoms. The molecule has 1 heteroatoms. The summed E-state index contributed by atoms with van der Waals surface area (Å²) in [7, 11) is 0. The SMILES string of the molecule is [2H]C([2H])([2H])[C@H](CCc1ccccc1)NCc1ccccc1. The fourth-order valence-electron chi connectivity index (χ4n) is 1.89. The van der Waals surface area contributed by atoms with E-state index in [-0.39, 0.29) is 0 Å². The summed E-state index contributed by atoms with van der Waals surface area (Å²) < 4.78 is 23.1. The fraction of sp³-hybridized carbons (Fsp3) is 0.294. The van der Waals surface area contributed by atoms with Gasteiger partial charge in [0.15, 0.2) is 0 Å². The Hall–Kier alpha value is -1.60. The predicted octanol–water partition coefficient (Wildman–Crippen LogP) is 3.80. The molecule has 94 valence electrons. The highest BCUT2D eigenvalue weighted by Gasteiger charge is 2.02. The maximum Gasteiger partial charge on any atom is 0.0246 e. The minimum Gasteiger partial charge on any atom is -0.310 e. The lowest BCUT2D eigenvalue weighted by atomic mass is 10.1. The molecule has 0 saturated carbocycles. The Morgan fingerprint density at radius 1 is 0.944 bits per heavy atom. The van der Waals surface area contributed by atoms with Gasteiger partial charge in [-0.3, -0.25) is 0 Å². The average molecular weight is 242 g/mol. The monoisotopic (exact) mass is 242 g/mol. The van der Waals surface area contributed by atoms with E-state index in [1.54, 1.807) is 0 Å². The van der Waals surface area contributed by atoms with Crippen LogP contribution >= 0.6 is 0 Å². The van der Waals surface area contributed by atoms with E-state index in [2.05, 4.69) is 5.32 Å². The first-order valence-corrected chi connectivity index (χ1v) is 6.37. The van der Waals surface area contributed by atoms with E-state index >= 15 is 0 Å². The van der Waals surface area contributed by atoms with E-state index in [0.29, 0.717) is 13.0 Å². The number of nitrogens with one attached hydrogen (secondary N) is 1. The molecule has 1 atom stereocenters. The molecular formula is C17H21N. The molecule has 0 aliphatic heterocycles. The Kier molecular flexibility index (Phi) is 3.62. The molecule has 0 amide bonds. The lowest BCUT2D eigenvalue weighted by molar-refractivity contribution is 0.514. The molecule has 18 heavy (non-hydrogen) atoms. The van der Waals surface area contributed by atoms with E-state index in [0.717, 1.165) is 12.0 Å². The highest BCUT2D eigenvalue weighted by Crippen LogP contribution is 2.05. The summed E-state index contributed by atoms with van der Waals surface area (Å²) in [6.45, 7) is -1.40. The van der Waals surface area contributed by atoms with Gasteiger partial charge in [0.2, 0.25) is 0 Å². The summed E-state index contributed by atoms with van der Waals surface area (Å²) in [5.41, 5.74) is 2.28. The summed E-state index contributed by atoms with van der Waals surface area (Å²) in [5.74, 6) is 0. The largest absolute Gasteiger partial charge is 0.310 e. The number of benzene rings is 2. The second-order valence-corrected chi connectivity index (χ2v) is 4.44. The highest BCUT2D eigenvalue weighted by molar-refractivity contribution is 5.15. The second kappa shape index (κ2) is 6.97. The van der Waals surface area contributed by atoms with Crippen molar-refractivity contribution in [3.05, 3.63) is 71.8 Å². The molecule has 0 saturated heterocycles. The van der Waals surface area contributed by atoms with Crippen LogP contribution in [0.3, 0.4) is 0 Å². The summed E-state index contributed by atoms with van der Waals surface area (Å²) in [6.07, 6.45) is 1.37. The average Bonchev–Trinajstić information content (AvgIpc) is 2.48. The van der Waals surface area contributed by atoms with Gasteiger partial charge in [0.25, 0.3) is 0 Å². The molecule has 0 radical (unpaired) electrons. The van der Waals surface area contributed by atoms with Crippen molar-refractivity contribution in [1.82, 2.24) is 5.32 Å². The summed E-state index contributed by atoms with van der Waals surface area (Å²) in [5, 5.41) is 3.18. The van der Waals surface area contributed by atoms with Gasteiger partial charge in [-0.25, -0.2) is 0 Å². The molecular weight excluding hydrogens is 218 g/mol. The van der Waals surface area contributed by atoms with E-state index in [1.165, 1.54) is 5.56 Å². The van der Waals surface area contributed by atoms with Gasteiger partial charge in [-0.2, -0.15) is 0 Å². The van der Waals surface area contributed by atoms with Crippen LogP contribution in [-0.4, -0.2) is 6.04 Å². The third kappa shape index (κ3) is 4.34. The number of rotatable bonds is 6. The molecule has 2 aromatic carbocycles. The van der Waals surface area contributed by atoms with Crippen LogP contribution in [0, 0.1) is 0 Å². The number of aryl methyl sites for hydroxylation is 1. The van der Waals surface area contributed by atoms with Gasteiger partial charge in [0, 0.05) is 16.7 Å². The molecule has 0 aliphatic carbocycles. The molecule has 0 aromatic heterocycles. The number of hydrogen-bond acceptors (Lipinski definition) is 1. The van der Waals surface area contributed by atoms with Crippen LogP contribution in [-0.2, 0) is 13.0 Å². The van der Waals surface area contributed by atoms with Gasteiger partial charge in [-0.15, -0.1) is 0 Å². The van der Waals surface area contributed by atoms with Gasteiger partial charge in [0.05, 0.1) is 0 Å². The third-order valence-electron chi connectivity index (χ3n) is 2.96. The molecule has 2 rings (SSSR count). The van der Waals surface area contributed by atoms with Gasteiger partial charge in [0.1, 0.15) is 0 Å². The Labute approximate surface area is 114 Å². The Morgan fingerprint density at radius 2 is 1.56 bits per heavy atom. The summed E-state index contributed by atoms with van der Waals surface area (Å²) in [6, 6.07) is 19.4. The van der Waals surface area contributed by atoms with Crippen molar-refractivity contribution in [2.45, 2.75) is 32.3 Å². The molecule has 2 aromatic rings. The summed E-state index contributed by atoms with van der Waals surface area (Å²) >= 11 is 0. The minimum absolute atomic E-state index is 0.488. The standard InChI is InChI=1S/C17H21N/c1-15(12-13-16-8-4-2-5-9-16)18-14-17-10-6-3-7-11-17/h2-11,15,18H,12-14H2,1H3/t15-/m1/s1/i1D3. The molecule has 0 fully saturated rings. The van der Waals surface area contributed by atoms with Crippen LogP contribution in [0.15, 0.2) is 60.7 Å². The summed E-state index contributed by atoms with van der Waals surface area (Å²) in [4.78, 5) is 0. The fourth-order valence-corrected chi connectivity index (χ4v) is 1.89. The van der Waals surface area contributed by atoms with Crippen molar-refractivity contribution in [3.63, 3.8) is 0 Å². The zero-order valence-electron chi connectivity index (χ0n) is 13.5. The van der Waals surface area contributed by atoms with Crippen LogP contribution in [0.2, 0.25) is 0 Å². The molecule has 0 spiro atoms. The van der Waals surface area contributed by atoms with Crippen LogP contribution in [0.1, 0.15) is 28.5 Å². The molecule has 1 N–H and O–H groups in total. The topological polar surface area (TPSA) is 12.0 Å². The van der Waals surface area contributed by atoms with Crippen LogP contribution < -0.4 is 5.32 Å². The molecule has 1 nitrogen and oxygen atoms in total. The van der Waals surface area contributed by atoms with Crippen molar-refractivity contribution in [3.8, 4) is 0 Å². The van der Waals surface area contributed by atoms with Gasteiger partial charge < -0.3 is 5.32 Å². The lowest BCUT2D eigenvalue weighted by Gasteiger charge is -2.13. The van der Waals surface area contributed by atoms with Crippen LogP contribution in [0.4, 0.5) is 0 Å². The van der Waals surface area contributed by atoms with Gasteiger partial charge in [-0.05, 0) is 30.8 Å². The Bertz CT molecular complexity index is 479. The zero-order chi connectivity index (χ0) is 15.1. The van der Waals surface area contributed by atoms with Crippen molar-refractivity contribution < 1.29 is 4.11 Å². The quantitative estimate of drug-likeness (QED) is 0.812. The highest BCUT2D eigenvalue weighted by atomic mass is 14.9. The van der Waals surface area contributed by atoms with E-state index in [9.17, 15) is 0 Å². The third-order valence-corrected chi connectivity index (χ3v) is 2.96. The Balaban J connectivity index is 1.92. The first-order chi connectivity index (χ1) is 10.1. The van der Waals surface area contributed by atoms with Crippen LogP contribution in [0.25, 0.3) is 0 Å². The second-order valence-electron chi connectivity index (χ2n) is 4.44. The normalized spacial score (nSPS) is 15.4. The van der Waals surface area contributed by atoms with Crippen molar-refractivity contribution in [2.75, 3.05) is 0 Å². The van der Waals surface area contributed by atoms with E-state index in [1.807, 2.05) is 60.7 Å². The van der Waals surface area contributed by atoms with Gasteiger partial charge >= 0.3 is 0 Å². The minimum atomic E-state index is -1.98. The van der Waals surface area contributed by atoms with Crippen molar-refractivity contribution in [1.29, 1.82) is 0 Å². The zero-order valence-corrected chi connectivity index (χ0v) is 10.5. The predicted molar refractivity (Wildman–Crippen MR) is 77.5 cm³/mol.